The number of aromatic nitrogens is 1. The minimum absolute atomic E-state index is 0.00352. The third-order valence-corrected chi connectivity index (χ3v) is 2.71. The lowest BCUT2D eigenvalue weighted by molar-refractivity contribution is -0.0492. The monoisotopic (exact) mass is 273 g/mol. The maximum atomic E-state index is 11.4. The Bertz CT molecular complexity index is 384. The molecule has 0 atom stereocenters. The number of pyridine rings is 1. The Kier molecular flexibility index (Phi) is 3.56. The zero-order valence-electron chi connectivity index (χ0n) is 8.19. The van der Waals surface area contributed by atoms with Crippen LogP contribution in [0.2, 0.25) is 0 Å². The quantitative estimate of drug-likeness (QED) is 0.836. The second kappa shape index (κ2) is 4.92. The lowest BCUT2D eigenvalue weighted by Crippen LogP contribution is -2.21. The van der Waals surface area contributed by atoms with E-state index in [-0.39, 0.29) is 11.8 Å². The van der Waals surface area contributed by atoms with Crippen molar-refractivity contribution in [3.63, 3.8) is 0 Å². The van der Waals surface area contributed by atoms with Gasteiger partial charge in [0.15, 0.2) is 6.29 Å². The van der Waals surface area contributed by atoms with Crippen LogP contribution in [0.1, 0.15) is 6.42 Å². The van der Waals surface area contributed by atoms with Gasteiger partial charge in [-0.25, -0.2) is 0 Å². The van der Waals surface area contributed by atoms with Crippen LogP contribution in [0, 0.1) is 0 Å². The average Bonchev–Trinajstić information content (AvgIpc) is 2.72. The van der Waals surface area contributed by atoms with Gasteiger partial charge in [0.2, 0.25) is 0 Å². The molecule has 2 heterocycles. The third kappa shape index (κ3) is 2.90. The van der Waals surface area contributed by atoms with Crippen LogP contribution in [-0.4, -0.2) is 24.1 Å². The van der Waals surface area contributed by atoms with Gasteiger partial charge >= 0.3 is 0 Å². The summed E-state index contributed by atoms with van der Waals surface area (Å²) in [7, 11) is 0. The highest BCUT2D eigenvalue weighted by molar-refractivity contribution is 9.10. The first-order valence-corrected chi connectivity index (χ1v) is 5.64. The fraction of sp³-hybridized carbons (Fsp3) is 0.500. The Morgan fingerprint density at radius 2 is 2.13 bits per heavy atom. The smallest absolute Gasteiger partial charge is 0.250 e. The Morgan fingerprint density at radius 3 is 2.87 bits per heavy atom. The number of hydrogen-bond acceptors (Lipinski definition) is 3. The van der Waals surface area contributed by atoms with Crippen molar-refractivity contribution in [2.45, 2.75) is 19.3 Å². The standard InChI is InChI=1S/C10H12BrNO3/c11-8-1-2-9(13)12(7-8)4-3-10-14-5-6-15-10/h1-2,7,10H,3-6H2. The first kappa shape index (κ1) is 10.9. The molecule has 0 saturated carbocycles. The van der Waals surface area contributed by atoms with Crippen LogP contribution in [-0.2, 0) is 16.0 Å². The van der Waals surface area contributed by atoms with Gasteiger partial charge < -0.3 is 14.0 Å². The summed E-state index contributed by atoms with van der Waals surface area (Å²) in [6.45, 7) is 1.92. The van der Waals surface area contributed by atoms with Gasteiger partial charge in [-0.1, -0.05) is 0 Å². The predicted molar refractivity (Wildman–Crippen MR) is 58.7 cm³/mol. The van der Waals surface area contributed by atoms with Gasteiger partial charge in [-0.2, -0.15) is 0 Å². The van der Waals surface area contributed by atoms with Crippen molar-refractivity contribution in [3.05, 3.63) is 33.2 Å². The summed E-state index contributed by atoms with van der Waals surface area (Å²) in [5, 5.41) is 0. The first-order chi connectivity index (χ1) is 7.25. The lowest BCUT2D eigenvalue weighted by atomic mass is 10.4. The summed E-state index contributed by atoms with van der Waals surface area (Å²) in [5.41, 5.74) is -0.00352. The number of nitrogens with zero attached hydrogens (tertiary/aromatic N) is 1. The van der Waals surface area contributed by atoms with E-state index in [1.807, 2.05) is 0 Å². The number of rotatable bonds is 3. The third-order valence-electron chi connectivity index (χ3n) is 2.24. The van der Waals surface area contributed by atoms with Gasteiger partial charge in [-0.05, 0) is 22.0 Å². The molecule has 4 nitrogen and oxygen atoms in total. The molecule has 1 saturated heterocycles. The van der Waals surface area contributed by atoms with Gasteiger partial charge in [0.05, 0.1) is 13.2 Å². The summed E-state index contributed by atoms with van der Waals surface area (Å²) in [6.07, 6.45) is 2.32. The molecule has 15 heavy (non-hydrogen) atoms. The van der Waals surface area contributed by atoms with Crippen LogP contribution in [0.25, 0.3) is 0 Å². The molecule has 0 radical (unpaired) electrons. The highest BCUT2D eigenvalue weighted by Crippen LogP contribution is 2.10. The van der Waals surface area contributed by atoms with Crippen LogP contribution in [0.3, 0.4) is 0 Å². The van der Waals surface area contributed by atoms with E-state index in [1.165, 1.54) is 0 Å². The fourth-order valence-corrected chi connectivity index (χ4v) is 1.87. The Hall–Kier alpha value is -0.650. The van der Waals surface area contributed by atoms with E-state index in [1.54, 1.807) is 22.9 Å². The molecule has 1 aromatic heterocycles. The predicted octanol–water partition coefficient (Wildman–Crippen LogP) is 1.37. The van der Waals surface area contributed by atoms with E-state index < -0.39 is 0 Å². The minimum atomic E-state index is -0.157. The molecular weight excluding hydrogens is 262 g/mol. The van der Waals surface area contributed by atoms with Crippen LogP contribution in [0.15, 0.2) is 27.6 Å². The van der Waals surface area contributed by atoms with Gasteiger partial charge in [0, 0.05) is 29.7 Å². The molecule has 0 unspecified atom stereocenters. The Balaban J connectivity index is 1.97. The van der Waals surface area contributed by atoms with Crippen molar-refractivity contribution in [2.24, 2.45) is 0 Å². The zero-order chi connectivity index (χ0) is 10.7. The van der Waals surface area contributed by atoms with Crippen LogP contribution < -0.4 is 5.56 Å². The zero-order valence-corrected chi connectivity index (χ0v) is 9.77. The molecule has 1 aliphatic heterocycles. The molecule has 1 fully saturated rings. The van der Waals surface area contributed by atoms with E-state index in [0.29, 0.717) is 26.2 Å². The number of ether oxygens (including phenoxy) is 2. The van der Waals surface area contributed by atoms with E-state index in [0.717, 1.165) is 4.47 Å². The largest absolute Gasteiger partial charge is 0.350 e. The SMILES string of the molecule is O=c1ccc(Br)cn1CCC1OCCO1. The van der Waals surface area contributed by atoms with Crippen molar-refractivity contribution < 1.29 is 9.47 Å². The highest BCUT2D eigenvalue weighted by Gasteiger charge is 2.15. The molecule has 0 aromatic carbocycles. The molecule has 1 aromatic rings. The van der Waals surface area contributed by atoms with E-state index in [2.05, 4.69) is 15.9 Å². The molecule has 0 N–H and O–H groups in total. The number of aryl methyl sites for hydroxylation is 1. The minimum Gasteiger partial charge on any atom is -0.350 e. The van der Waals surface area contributed by atoms with Crippen LogP contribution >= 0.6 is 15.9 Å². The van der Waals surface area contributed by atoms with Gasteiger partial charge in [-0.15, -0.1) is 0 Å². The number of halogens is 1. The van der Waals surface area contributed by atoms with E-state index in [4.69, 9.17) is 9.47 Å². The number of hydrogen-bond donors (Lipinski definition) is 0. The van der Waals surface area contributed by atoms with Gasteiger partial charge in [0.25, 0.3) is 5.56 Å². The van der Waals surface area contributed by atoms with E-state index in [9.17, 15) is 4.79 Å². The molecule has 1 aliphatic rings. The molecule has 5 heteroatoms. The lowest BCUT2D eigenvalue weighted by Gasteiger charge is -2.10. The molecular formula is C10H12BrNO3. The van der Waals surface area contributed by atoms with Crippen molar-refractivity contribution in [1.29, 1.82) is 0 Å². The Labute approximate surface area is 95.9 Å². The topological polar surface area (TPSA) is 40.5 Å². The van der Waals surface area contributed by atoms with Gasteiger partial charge in [0.1, 0.15) is 0 Å². The fourth-order valence-electron chi connectivity index (χ4n) is 1.50. The maximum Gasteiger partial charge on any atom is 0.250 e. The normalized spacial score (nSPS) is 17.1. The Morgan fingerprint density at radius 1 is 1.40 bits per heavy atom. The first-order valence-electron chi connectivity index (χ1n) is 4.85. The summed E-state index contributed by atoms with van der Waals surface area (Å²) in [6, 6.07) is 3.28. The van der Waals surface area contributed by atoms with Crippen LogP contribution in [0.5, 0.6) is 0 Å². The molecule has 2 rings (SSSR count). The second-order valence-corrected chi connectivity index (χ2v) is 4.25. The second-order valence-electron chi connectivity index (χ2n) is 3.34. The van der Waals surface area contributed by atoms with Crippen molar-refractivity contribution in [3.8, 4) is 0 Å². The maximum absolute atomic E-state index is 11.4. The summed E-state index contributed by atoms with van der Waals surface area (Å²) < 4.78 is 13.1. The molecule has 0 amide bonds. The highest BCUT2D eigenvalue weighted by atomic mass is 79.9. The summed E-state index contributed by atoms with van der Waals surface area (Å²) in [4.78, 5) is 11.4. The van der Waals surface area contributed by atoms with Crippen molar-refractivity contribution in [2.75, 3.05) is 13.2 Å². The van der Waals surface area contributed by atoms with E-state index >= 15 is 0 Å². The molecule has 0 aliphatic carbocycles. The van der Waals surface area contributed by atoms with Crippen LogP contribution in [0.4, 0.5) is 0 Å². The molecule has 82 valence electrons. The molecule has 0 spiro atoms. The summed E-state index contributed by atoms with van der Waals surface area (Å²) in [5.74, 6) is 0. The molecule has 0 bridgehead atoms. The van der Waals surface area contributed by atoms with Crippen molar-refractivity contribution in [1.82, 2.24) is 4.57 Å². The summed E-state index contributed by atoms with van der Waals surface area (Å²) >= 11 is 3.33. The van der Waals surface area contributed by atoms with Crippen molar-refractivity contribution >= 4 is 15.9 Å². The van der Waals surface area contributed by atoms with Gasteiger partial charge in [-0.3, -0.25) is 4.79 Å². The average molecular weight is 274 g/mol.